The summed E-state index contributed by atoms with van der Waals surface area (Å²) in [6.07, 6.45) is 1.63. The molecule has 3 rings (SSSR count). The number of amides is 1. The Morgan fingerprint density at radius 2 is 1.86 bits per heavy atom. The number of aromatic amines is 1. The Balaban J connectivity index is 1.77. The Labute approximate surface area is 123 Å². The zero-order valence-corrected chi connectivity index (χ0v) is 12.1. The molecule has 1 N–H and O–H groups in total. The number of Topliss-reactive ketones (excluding diaryl/α,β-unsaturated/α-hetero) is 1. The number of nitrogens with zero attached hydrogens (tertiary/aromatic N) is 2. The fourth-order valence-electron chi connectivity index (χ4n) is 2.79. The smallest absolute Gasteiger partial charge is 0.295 e. The number of hydrogen-bond acceptors (Lipinski definition) is 3. The number of nitrogens with one attached hydrogen (secondary N) is 1. The van der Waals surface area contributed by atoms with E-state index in [0.29, 0.717) is 18.7 Å². The second kappa shape index (κ2) is 5.69. The van der Waals surface area contributed by atoms with Crippen molar-refractivity contribution in [1.29, 1.82) is 0 Å². The van der Waals surface area contributed by atoms with E-state index in [1.54, 1.807) is 11.1 Å². The highest BCUT2D eigenvalue weighted by Gasteiger charge is 2.27. The van der Waals surface area contributed by atoms with Gasteiger partial charge < -0.3 is 14.8 Å². The number of carbonyl (C=O) groups is 2. The maximum absolute atomic E-state index is 12.4. The van der Waals surface area contributed by atoms with Crippen LogP contribution in [-0.4, -0.2) is 59.2 Å². The molecule has 5 nitrogen and oxygen atoms in total. The van der Waals surface area contributed by atoms with E-state index in [9.17, 15) is 9.59 Å². The third kappa shape index (κ3) is 2.56. The maximum atomic E-state index is 12.4. The molecule has 0 bridgehead atoms. The molecule has 0 radical (unpaired) electrons. The monoisotopic (exact) mass is 285 g/mol. The van der Waals surface area contributed by atoms with Gasteiger partial charge in [-0.15, -0.1) is 0 Å². The summed E-state index contributed by atoms with van der Waals surface area (Å²) < 4.78 is 0. The number of carbonyl (C=O) groups excluding carboxylic acids is 2. The van der Waals surface area contributed by atoms with Crippen LogP contribution in [0.5, 0.6) is 0 Å². The van der Waals surface area contributed by atoms with E-state index < -0.39 is 11.7 Å². The Morgan fingerprint density at radius 1 is 1.14 bits per heavy atom. The number of H-pyrrole nitrogens is 1. The van der Waals surface area contributed by atoms with Crippen LogP contribution in [0.25, 0.3) is 10.9 Å². The number of para-hydroxylation sites is 1. The molecule has 2 aromatic rings. The number of aromatic nitrogens is 1. The summed E-state index contributed by atoms with van der Waals surface area (Å²) in [4.78, 5) is 31.8. The molecule has 0 aliphatic carbocycles. The molecule has 1 saturated heterocycles. The van der Waals surface area contributed by atoms with Crippen LogP contribution in [0.4, 0.5) is 0 Å². The van der Waals surface area contributed by atoms with E-state index in [4.69, 9.17) is 0 Å². The maximum Gasteiger partial charge on any atom is 0.295 e. The fraction of sp³-hybridized carbons (Fsp3) is 0.375. The molecule has 0 spiro atoms. The summed E-state index contributed by atoms with van der Waals surface area (Å²) in [7, 11) is 0. The summed E-state index contributed by atoms with van der Waals surface area (Å²) in [6.45, 7) is 6.02. The largest absolute Gasteiger partial charge is 0.360 e. The molecule has 1 fully saturated rings. The minimum absolute atomic E-state index is 0.393. The quantitative estimate of drug-likeness (QED) is 0.687. The first-order valence-corrected chi connectivity index (χ1v) is 7.32. The van der Waals surface area contributed by atoms with E-state index in [1.807, 2.05) is 24.3 Å². The molecule has 1 aliphatic heterocycles. The van der Waals surface area contributed by atoms with Crippen LogP contribution >= 0.6 is 0 Å². The fourth-order valence-corrected chi connectivity index (χ4v) is 2.79. The highest BCUT2D eigenvalue weighted by atomic mass is 16.2. The van der Waals surface area contributed by atoms with Gasteiger partial charge in [0.2, 0.25) is 0 Å². The topological polar surface area (TPSA) is 56.4 Å². The third-order valence-electron chi connectivity index (χ3n) is 4.13. The molecule has 2 heterocycles. The lowest BCUT2D eigenvalue weighted by molar-refractivity contribution is -0.128. The number of piperazine rings is 1. The molecule has 0 saturated carbocycles. The Bertz CT molecular complexity index is 669. The number of ketones is 1. The molecule has 0 atom stereocenters. The lowest BCUT2D eigenvalue weighted by atomic mass is 10.1. The zero-order valence-electron chi connectivity index (χ0n) is 12.1. The average Bonchev–Trinajstić information content (AvgIpc) is 2.97. The van der Waals surface area contributed by atoms with Gasteiger partial charge in [-0.25, -0.2) is 0 Å². The number of fused-ring (bicyclic) bond motifs is 1. The van der Waals surface area contributed by atoms with Crippen molar-refractivity contribution in [3.05, 3.63) is 36.0 Å². The summed E-state index contributed by atoms with van der Waals surface area (Å²) in [5, 5.41) is 0.808. The van der Waals surface area contributed by atoms with Gasteiger partial charge in [0.05, 0.1) is 5.56 Å². The number of likely N-dealkylation sites (N-methyl/N-ethyl adjacent to an activating group) is 1. The van der Waals surface area contributed by atoms with Crippen molar-refractivity contribution in [2.45, 2.75) is 6.92 Å². The van der Waals surface area contributed by atoms with Crippen molar-refractivity contribution >= 4 is 22.6 Å². The van der Waals surface area contributed by atoms with Crippen molar-refractivity contribution < 1.29 is 9.59 Å². The van der Waals surface area contributed by atoms with Gasteiger partial charge in [0, 0.05) is 43.3 Å². The lowest BCUT2D eigenvalue weighted by Crippen LogP contribution is -2.50. The lowest BCUT2D eigenvalue weighted by Gasteiger charge is -2.33. The molecule has 1 aromatic heterocycles. The predicted molar refractivity (Wildman–Crippen MR) is 81.3 cm³/mol. The van der Waals surface area contributed by atoms with Crippen LogP contribution in [0.2, 0.25) is 0 Å². The van der Waals surface area contributed by atoms with Crippen LogP contribution in [-0.2, 0) is 4.79 Å². The first-order valence-electron chi connectivity index (χ1n) is 7.32. The van der Waals surface area contributed by atoms with Gasteiger partial charge in [0.1, 0.15) is 0 Å². The van der Waals surface area contributed by atoms with Gasteiger partial charge >= 0.3 is 0 Å². The predicted octanol–water partition coefficient (Wildman–Crippen LogP) is 1.51. The van der Waals surface area contributed by atoms with Crippen molar-refractivity contribution in [3.8, 4) is 0 Å². The van der Waals surface area contributed by atoms with Crippen molar-refractivity contribution in [2.75, 3.05) is 32.7 Å². The molecule has 21 heavy (non-hydrogen) atoms. The van der Waals surface area contributed by atoms with E-state index in [1.165, 1.54) is 0 Å². The molecule has 110 valence electrons. The SMILES string of the molecule is CCN1CCN(C(=O)C(=O)c2c[nH]c3ccccc23)CC1. The second-order valence-electron chi connectivity index (χ2n) is 5.30. The minimum Gasteiger partial charge on any atom is -0.360 e. The van der Waals surface area contributed by atoms with E-state index in [0.717, 1.165) is 30.5 Å². The highest BCUT2D eigenvalue weighted by molar-refractivity contribution is 6.44. The third-order valence-corrected chi connectivity index (χ3v) is 4.13. The standard InChI is InChI=1S/C16H19N3O2/c1-2-18-7-9-19(10-8-18)16(21)15(20)13-11-17-14-6-4-3-5-12(13)14/h3-6,11,17H,2,7-10H2,1H3. The van der Waals surface area contributed by atoms with Crippen LogP contribution in [0.15, 0.2) is 30.5 Å². The summed E-state index contributed by atoms with van der Waals surface area (Å²) in [6, 6.07) is 7.54. The van der Waals surface area contributed by atoms with Gasteiger partial charge in [-0.05, 0) is 12.6 Å². The van der Waals surface area contributed by atoms with Gasteiger partial charge in [-0.2, -0.15) is 0 Å². The summed E-state index contributed by atoms with van der Waals surface area (Å²) >= 11 is 0. The van der Waals surface area contributed by atoms with Crippen molar-refractivity contribution in [3.63, 3.8) is 0 Å². The Morgan fingerprint density at radius 3 is 2.57 bits per heavy atom. The summed E-state index contributed by atoms with van der Waals surface area (Å²) in [5.41, 5.74) is 1.35. The van der Waals surface area contributed by atoms with Gasteiger partial charge in [-0.1, -0.05) is 25.1 Å². The summed E-state index contributed by atoms with van der Waals surface area (Å²) in [5.74, 6) is -0.812. The van der Waals surface area contributed by atoms with Crippen LogP contribution in [0.1, 0.15) is 17.3 Å². The number of benzene rings is 1. The van der Waals surface area contributed by atoms with Crippen LogP contribution in [0, 0.1) is 0 Å². The van der Waals surface area contributed by atoms with Crippen molar-refractivity contribution in [1.82, 2.24) is 14.8 Å². The first kappa shape index (κ1) is 13.8. The Kier molecular flexibility index (Phi) is 3.75. The molecular weight excluding hydrogens is 266 g/mol. The van der Waals surface area contributed by atoms with E-state index in [2.05, 4.69) is 16.8 Å². The molecule has 1 aromatic carbocycles. The van der Waals surface area contributed by atoms with Crippen LogP contribution in [0.3, 0.4) is 0 Å². The molecule has 0 unspecified atom stereocenters. The molecule has 1 amide bonds. The number of hydrogen-bond donors (Lipinski definition) is 1. The van der Waals surface area contributed by atoms with Crippen molar-refractivity contribution in [2.24, 2.45) is 0 Å². The van der Waals surface area contributed by atoms with Gasteiger partial charge in [0.15, 0.2) is 0 Å². The average molecular weight is 285 g/mol. The molecular formula is C16H19N3O2. The Hall–Kier alpha value is -2.14. The normalized spacial score (nSPS) is 16.3. The number of rotatable bonds is 3. The molecule has 1 aliphatic rings. The second-order valence-corrected chi connectivity index (χ2v) is 5.30. The van der Waals surface area contributed by atoms with Gasteiger partial charge in [-0.3, -0.25) is 9.59 Å². The van der Waals surface area contributed by atoms with Gasteiger partial charge in [0.25, 0.3) is 11.7 Å². The minimum atomic E-state index is -0.419. The zero-order chi connectivity index (χ0) is 14.8. The molecule has 5 heteroatoms. The van der Waals surface area contributed by atoms with E-state index >= 15 is 0 Å². The highest BCUT2D eigenvalue weighted by Crippen LogP contribution is 2.19. The van der Waals surface area contributed by atoms with E-state index in [-0.39, 0.29) is 0 Å². The first-order chi connectivity index (χ1) is 10.2. The van der Waals surface area contributed by atoms with Crippen LogP contribution < -0.4 is 0 Å².